The standard InChI is InChI=1S/C12H16F3N3O/c1-7-3-4-9(6-10(7)12(13,14)15)17-8(2)5-11(16)18-19/h3-4,6,8,17,19H,5H2,1-2H3,(H2,16,18). The van der Waals surface area contributed by atoms with Crippen LogP contribution in [0.4, 0.5) is 18.9 Å². The lowest BCUT2D eigenvalue weighted by Gasteiger charge is -2.17. The normalized spacial score (nSPS) is 14.3. The van der Waals surface area contributed by atoms with Gasteiger partial charge >= 0.3 is 6.18 Å². The van der Waals surface area contributed by atoms with Crippen molar-refractivity contribution >= 4 is 11.5 Å². The van der Waals surface area contributed by atoms with Crippen molar-refractivity contribution in [1.29, 1.82) is 0 Å². The van der Waals surface area contributed by atoms with E-state index in [9.17, 15) is 13.2 Å². The Bertz CT molecular complexity index is 472. The van der Waals surface area contributed by atoms with Gasteiger partial charge < -0.3 is 16.3 Å². The van der Waals surface area contributed by atoms with Crippen LogP contribution in [-0.2, 0) is 6.18 Å². The number of nitrogens with two attached hydrogens (primary N) is 1. The van der Waals surface area contributed by atoms with E-state index in [4.69, 9.17) is 10.9 Å². The molecule has 1 aromatic rings. The van der Waals surface area contributed by atoms with Crippen LogP contribution in [0.2, 0.25) is 0 Å². The lowest BCUT2D eigenvalue weighted by atomic mass is 10.1. The number of nitrogens with zero attached hydrogens (tertiary/aromatic N) is 1. The van der Waals surface area contributed by atoms with Crippen molar-refractivity contribution in [3.63, 3.8) is 0 Å². The minimum atomic E-state index is -4.38. The van der Waals surface area contributed by atoms with Gasteiger partial charge in [0.15, 0.2) is 0 Å². The van der Waals surface area contributed by atoms with Crippen LogP contribution in [0.5, 0.6) is 0 Å². The van der Waals surface area contributed by atoms with Gasteiger partial charge in [0.05, 0.1) is 5.56 Å². The van der Waals surface area contributed by atoms with E-state index >= 15 is 0 Å². The summed E-state index contributed by atoms with van der Waals surface area (Å²) in [5.41, 5.74) is 5.17. The fourth-order valence-electron chi connectivity index (χ4n) is 1.71. The molecule has 19 heavy (non-hydrogen) atoms. The van der Waals surface area contributed by atoms with E-state index in [-0.39, 0.29) is 23.9 Å². The van der Waals surface area contributed by atoms with Gasteiger partial charge in [-0.05, 0) is 31.5 Å². The van der Waals surface area contributed by atoms with E-state index in [1.807, 2.05) is 0 Å². The molecule has 0 fully saturated rings. The number of nitrogens with one attached hydrogen (secondary N) is 1. The lowest BCUT2D eigenvalue weighted by Crippen LogP contribution is -2.24. The van der Waals surface area contributed by atoms with Gasteiger partial charge in [-0.25, -0.2) is 0 Å². The third-order valence-corrected chi connectivity index (χ3v) is 2.60. The van der Waals surface area contributed by atoms with Crippen LogP contribution in [0.1, 0.15) is 24.5 Å². The number of aryl methyl sites for hydroxylation is 1. The van der Waals surface area contributed by atoms with Crippen molar-refractivity contribution in [2.75, 3.05) is 5.32 Å². The second kappa shape index (κ2) is 5.81. The van der Waals surface area contributed by atoms with Crippen LogP contribution in [0, 0.1) is 6.92 Å². The zero-order valence-corrected chi connectivity index (χ0v) is 10.6. The molecule has 0 aliphatic heterocycles. The molecule has 0 bridgehead atoms. The van der Waals surface area contributed by atoms with Crippen molar-refractivity contribution < 1.29 is 18.4 Å². The summed E-state index contributed by atoms with van der Waals surface area (Å²) in [7, 11) is 0. The van der Waals surface area contributed by atoms with Gasteiger partial charge in [-0.15, -0.1) is 0 Å². The van der Waals surface area contributed by atoms with Crippen LogP contribution in [0.15, 0.2) is 23.4 Å². The van der Waals surface area contributed by atoms with E-state index in [0.29, 0.717) is 5.69 Å². The average molecular weight is 275 g/mol. The fourth-order valence-corrected chi connectivity index (χ4v) is 1.71. The Morgan fingerprint density at radius 1 is 1.47 bits per heavy atom. The maximum atomic E-state index is 12.7. The first-order valence-corrected chi connectivity index (χ1v) is 5.65. The Labute approximate surface area is 109 Å². The quantitative estimate of drug-likeness (QED) is 0.342. The molecule has 0 aromatic heterocycles. The maximum Gasteiger partial charge on any atom is 0.416 e. The number of halogens is 3. The summed E-state index contributed by atoms with van der Waals surface area (Å²) in [6.07, 6.45) is -4.15. The molecule has 0 spiro atoms. The summed E-state index contributed by atoms with van der Waals surface area (Å²) < 4.78 is 38.2. The largest absolute Gasteiger partial charge is 0.416 e. The predicted octanol–water partition coefficient (Wildman–Crippen LogP) is 2.95. The minimum Gasteiger partial charge on any atom is -0.409 e. The number of oxime groups is 1. The summed E-state index contributed by atoms with van der Waals surface area (Å²) in [5.74, 6) is 0.0168. The molecule has 7 heteroatoms. The van der Waals surface area contributed by atoms with Crippen molar-refractivity contribution in [2.24, 2.45) is 10.9 Å². The molecule has 0 heterocycles. The van der Waals surface area contributed by atoms with Gasteiger partial charge in [-0.1, -0.05) is 11.2 Å². The van der Waals surface area contributed by atoms with E-state index in [1.165, 1.54) is 13.0 Å². The smallest absolute Gasteiger partial charge is 0.409 e. The third kappa shape index (κ3) is 4.35. The number of hydrogen-bond donors (Lipinski definition) is 3. The molecule has 0 saturated heterocycles. The number of benzene rings is 1. The number of anilines is 1. The molecule has 1 unspecified atom stereocenters. The highest BCUT2D eigenvalue weighted by molar-refractivity contribution is 5.80. The Morgan fingerprint density at radius 2 is 2.11 bits per heavy atom. The molecular formula is C12H16F3N3O. The SMILES string of the molecule is Cc1ccc(NC(C)CC(N)=NO)cc1C(F)(F)F. The van der Waals surface area contributed by atoms with Gasteiger partial charge in [-0.2, -0.15) is 13.2 Å². The molecule has 106 valence electrons. The first-order valence-electron chi connectivity index (χ1n) is 5.65. The van der Waals surface area contributed by atoms with Crippen LogP contribution < -0.4 is 11.1 Å². The van der Waals surface area contributed by atoms with Gasteiger partial charge in [0.25, 0.3) is 0 Å². The molecular weight excluding hydrogens is 259 g/mol. The fraction of sp³-hybridized carbons (Fsp3) is 0.417. The average Bonchev–Trinajstić information content (AvgIpc) is 2.29. The van der Waals surface area contributed by atoms with Gasteiger partial charge in [0.1, 0.15) is 5.84 Å². The number of amidine groups is 1. The van der Waals surface area contributed by atoms with Crippen LogP contribution >= 0.6 is 0 Å². The van der Waals surface area contributed by atoms with Crippen LogP contribution in [0.3, 0.4) is 0 Å². The van der Waals surface area contributed by atoms with Crippen molar-refractivity contribution in [3.05, 3.63) is 29.3 Å². The Kier molecular flexibility index (Phi) is 4.63. The molecule has 0 aliphatic rings. The van der Waals surface area contributed by atoms with Crippen molar-refractivity contribution in [2.45, 2.75) is 32.5 Å². The zero-order valence-electron chi connectivity index (χ0n) is 10.6. The molecule has 0 saturated carbocycles. The summed E-state index contributed by atoms with van der Waals surface area (Å²) in [4.78, 5) is 0. The first kappa shape index (κ1) is 15.1. The highest BCUT2D eigenvalue weighted by Gasteiger charge is 2.32. The molecule has 4 nitrogen and oxygen atoms in total. The molecule has 4 N–H and O–H groups in total. The summed E-state index contributed by atoms with van der Waals surface area (Å²) in [6, 6.07) is 3.77. The van der Waals surface area contributed by atoms with Crippen molar-refractivity contribution in [3.8, 4) is 0 Å². The topological polar surface area (TPSA) is 70.6 Å². The van der Waals surface area contributed by atoms with Gasteiger partial charge in [0, 0.05) is 18.2 Å². The van der Waals surface area contributed by atoms with E-state index in [1.54, 1.807) is 13.0 Å². The molecule has 0 aliphatic carbocycles. The maximum absolute atomic E-state index is 12.7. The Hall–Kier alpha value is -1.92. The van der Waals surface area contributed by atoms with Crippen LogP contribution in [0.25, 0.3) is 0 Å². The second-order valence-electron chi connectivity index (χ2n) is 4.37. The Balaban J connectivity index is 2.86. The number of hydrogen-bond acceptors (Lipinski definition) is 3. The highest BCUT2D eigenvalue weighted by Crippen LogP contribution is 2.33. The molecule has 1 aromatic carbocycles. The highest BCUT2D eigenvalue weighted by atomic mass is 19.4. The second-order valence-corrected chi connectivity index (χ2v) is 4.37. The number of rotatable bonds is 4. The molecule has 0 radical (unpaired) electrons. The lowest BCUT2D eigenvalue weighted by molar-refractivity contribution is -0.138. The van der Waals surface area contributed by atoms with Crippen LogP contribution in [-0.4, -0.2) is 17.1 Å². The molecule has 1 atom stereocenters. The van der Waals surface area contributed by atoms with E-state index < -0.39 is 11.7 Å². The monoisotopic (exact) mass is 275 g/mol. The Morgan fingerprint density at radius 3 is 2.63 bits per heavy atom. The predicted molar refractivity (Wildman–Crippen MR) is 67.3 cm³/mol. The third-order valence-electron chi connectivity index (χ3n) is 2.60. The molecule has 0 amide bonds. The zero-order chi connectivity index (χ0) is 14.6. The van der Waals surface area contributed by atoms with E-state index in [2.05, 4.69) is 10.5 Å². The summed E-state index contributed by atoms with van der Waals surface area (Å²) >= 11 is 0. The summed E-state index contributed by atoms with van der Waals surface area (Å²) in [6.45, 7) is 3.14. The minimum absolute atomic E-state index is 0.0168. The molecule has 1 rings (SSSR count). The number of alkyl halides is 3. The summed E-state index contributed by atoms with van der Waals surface area (Å²) in [5, 5.41) is 14.1. The van der Waals surface area contributed by atoms with Gasteiger partial charge in [-0.3, -0.25) is 0 Å². The van der Waals surface area contributed by atoms with Gasteiger partial charge in [0.2, 0.25) is 0 Å². The van der Waals surface area contributed by atoms with Crippen molar-refractivity contribution in [1.82, 2.24) is 0 Å². The van der Waals surface area contributed by atoms with E-state index in [0.717, 1.165) is 6.07 Å². The first-order chi connectivity index (χ1) is 8.74.